The van der Waals surface area contributed by atoms with Crippen molar-refractivity contribution in [1.82, 2.24) is 0 Å². The molecular weight excluding hydrogens is 308 g/mol. The van der Waals surface area contributed by atoms with Gasteiger partial charge in [-0.15, -0.1) is 0 Å². The van der Waals surface area contributed by atoms with Gasteiger partial charge in [0, 0.05) is 5.02 Å². The summed E-state index contributed by atoms with van der Waals surface area (Å²) in [7, 11) is -3.24. The number of ether oxygens (including phenoxy) is 1. The zero-order valence-corrected chi connectivity index (χ0v) is 13.3. The summed E-state index contributed by atoms with van der Waals surface area (Å²) in [6, 6.07) is 13.9. The minimum atomic E-state index is -3.24. The van der Waals surface area contributed by atoms with Crippen LogP contribution in [0.15, 0.2) is 53.4 Å². The summed E-state index contributed by atoms with van der Waals surface area (Å²) in [5.41, 5.74) is 1.04. The molecule has 0 heterocycles. The first-order valence-electron chi connectivity index (χ1n) is 6.65. The van der Waals surface area contributed by atoms with Gasteiger partial charge >= 0.3 is 0 Å². The summed E-state index contributed by atoms with van der Waals surface area (Å²) in [5.74, 6) is 0.760. The number of rotatable bonds is 6. The maximum atomic E-state index is 12.1. The first-order valence-corrected chi connectivity index (χ1v) is 8.68. The Morgan fingerprint density at radius 3 is 2.24 bits per heavy atom. The minimum Gasteiger partial charge on any atom is -0.494 e. The highest BCUT2D eigenvalue weighted by molar-refractivity contribution is 7.91. The first kappa shape index (κ1) is 15.9. The van der Waals surface area contributed by atoms with Crippen molar-refractivity contribution in [3.8, 4) is 5.75 Å². The molecule has 0 radical (unpaired) electrons. The second kappa shape index (κ2) is 6.96. The molecule has 0 bridgehead atoms. The molecule has 0 fully saturated rings. The van der Waals surface area contributed by atoms with E-state index in [1.165, 1.54) is 0 Å². The summed E-state index contributed by atoms with van der Waals surface area (Å²) in [6.45, 7) is 2.28. The molecule has 0 aromatic heterocycles. The molecule has 0 aliphatic heterocycles. The normalized spacial score (nSPS) is 11.3. The van der Waals surface area contributed by atoms with Gasteiger partial charge in [0.05, 0.1) is 17.3 Å². The Kier molecular flexibility index (Phi) is 5.26. The molecule has 0 atom stereocenters. The van der Waals surface area contributed by atoms with Crippen LogP contribution >= 0.6 is 11.6 Å². The zero-order valence-electron chi connectivity index (χ0n) is 11.8. The standard InChI is InChI=1S/C16H17ClO3S/c1-13-3-9-16(10-4-13)21(18,19)12-2-11-20-15-7-5-14(17)6-8-15/h3-10H,2,11-12H2,1H3. The molecule has 0 aliphatic rings. The lowest BCUT2D eigenvalue weighted by molar-refractivity contribution is 0.317. The maximum Gasteiger partial charge on any atom is 0.178 e. The van der Waals surface area contributed by atoms with Crippen molar-refractivity contribution in [2.24, 2.45) is 0 Å². The zero-order chi connectivity index (χ0) is 15.3. The van der Waals surface area contributed by atoms with Gasteiger partial charge in [0.2, 0.25) is 0 Å². The SMILES string of the molecule is Cc1ccc(S(=O)(=O)CCCOc2ccc(Cl)cc2)cc1. The average molecular weight is 325 g/mol. The fraction of sp³-hybridized carbons (Fsp3) is 0.250. The molecule has 0 saturated heterocycles. The summed E-state index contributed by atoms with van der Waals surface area (Å²) >= 11 is 5.78. The number of sulfone groups is 1. The topological polar surface area (TPSA) is 43.4 Å². The van der Waals surface area contributed by atoms with Crippen LogP contribution in [0.25, 0.3) is 0 Å². The van der Waals surface area contributed by atoms with E-state index in [1.54, 1.807) is 48.5 Å². The van der Waals surface area contributed by atoms with E-state index in [0.717, 1.165) is 5.56 Å². The van der Waals surface area contributed by atoms with Crippen molar-refractivity contribution < 1.29 is 13.2 Å². The number of hydrogen-bond acceptors (Lipinski definition) is 3. The lowest BCUT2D eigenvalue weighted by Gasteiger charge is -2.07. The van der Waals surface area contributed by atoms with E-state index in [1.807, 2.05) is 6.92 Å². The summed E-state index contributed by atoms with van der Waals surface area (Å²) in [6.07, 6.45) is 0.443. The predicted molar refractivity (Wildman–Crippen MR) is 84.8 cm³/mol. The van der Waals surface area contributed by atoms with Crippen molar-refractivity contribution in [2.75, 3.05) is 12.4 Å². The third-order valence-electron chi connectivity index (χ3n) is 3.02. The van der Waals surface area contributed by atoms with E-state index >= 15 is 0 Å². The number of aryl methyl sites for hydroxylation is 1. The third kappa shape index (κ3) is 4.76. The molecule has 0 unspecified atom stereocenters. The van der Waals surface area contributed by atoms with Crippen molar-refractivity contribution in [1.29, 1.82) is 0 Å². The van der Waals surface area contributed by atoms with Gasteiger partial charge in [-0.05, 0) is 49.7 Å². The highest BCUT2D eigenvalue weighted by atomic mass is 35.5. The Bertz CT molecular complexity index is 676. The fourth-order valence-corrected chi connectivity index (χ4v) is 3.24. The first-order chi connectivity index (χ1) is 9.97. The van der Waals surface area contributed by atoms with Crippen molar-refractivity contribution in [2.45, 2.75) is 18.2 Å². The molecule has 2 aromatic carbocycles. The van der Waals surface area contributed by atoms with Crippen LogP contribution in [-0.4, -0.2) is 20.8 Å². The maximum absolute atomic E-state index is 12.1. The quantitative estimate of drug-likeness (QED) is 0.757. The smallest absolute Gasteiger partial charge is 0.178 e. The molecule has 2 aromatic rings. The Balaban J connectivity index is 1.85. The largest absolute Gasteiger partial charge is 0.494 e. The molecule has 3 nitrogen and oxygen atoms in total. The molecule has 0 spiro atoms. The highest BCUT2D eigenvalue weighted by Gasteiger charge is 2.13. The fourth-order valence-electron chi connectivity index (χ4n) is 1.83. The van der Waals surface area contributed by atoms with Gasteiger partial charge in [-0.1, -0.05) is 29.3 Å². The number of hydrogen-bond donors (Lipinski definition) is 0. The molecule has 0 aliphatic carbocycles. The van der Waals surface area contributed by atoms with Crippen LogP contribution in [0.5, 0.6) is 5.75 Å². The Morgan fingerprint density at radius 1 is 1.00 bits per heavy atom. The molecule has 21 heavy (non-hydrogen) atoms. The third-order valence-corrected chi connectivity index (χ3v) is 5.09. The van der Waals surface area contributed by atoms with Crippen LogP contribution in [0.1, 0.15) is 12.0 Å². The van der Waals surface area contributed by atoms with Crippen LogP contribution in [0.2, 0.25) is 5.02 Å². The van der Waals surface area contributed by atoms with E-state index in [0.29, 0.717) is 28.7 Å². The predicted octanol–water partition coefficient (Wildman–Crippen LogP) is 3.89. The van der Waals surface area contributed by atoms with Crippen LogP contribution in [-0.2, 0) is 9.84 Å². The molecule has 0 saturated carbocycles. The van der Waals surface area contributed by atoms with Gasteiger partial charge < -0.3 is 4.74 Å². The van der Waals surface area contributed by atoms with Crippen molar-refractivity contribution >= 4 is 21.4 Å². The van der Waals surface area contributed by atoms with E-state index < -0.39 is 9.84 Å². The molecule has 2 rings (SSSR count). The van der Waals surface area contributed by atoms with Crippen LogP contribution in [0, 0.1) is 6.92 Å². The Hall–Kier alpha value is -1.52. The highest BCUT2D eigenvalue weighted by Crippen LogP contribution is 2.16. The molecular formula is C16H17ClO3S. The lowest BCUT2D eigenvalue weighted by atomic mass is 10.2. The van der Waals surface area contributed by atoms with Gasteiger partial charge in [-0.25, -0.2) is 8.42 Å². The monoisotopic (exact) mass is 324 g/mol. The summed E-state index contributed by atoms with van der Waals surface area (Å²) < 4.78 is 29.7. The molecule has 0 N–H and O–H groups in total. The average Bonchev–Trinajstić information content (AvgIpc) is 2.46. The molecule has 5 heteroatoms. The van der Waals surface area contributed by atoms with Crippen LogP contribution in [0.4, 0.5) is 0 Å². The van der Waals surface area contributed by atoms with E-state index in [9.17, 15) is 8.42 Å². The van der Waals surface area contributed by atoms with Crippen LogP contribution < -0.4 is 4.74 Å². The summed E-state index contributed by atoms with van der Waals surface area (Å²) in [4.78, 5) is 0.361. The molecule has 112 valence electrons. The second-order valence-electron chi connectivity index (χ2n) is 4.79. The van der Waals surface area contributed by atoms with Gasteiger partial charge in [0.1, 0.15) is 5.75 Å². The lowest BCUT2D eigenvalue weighted by Crippen LogP contribution is -2.10. The van der Waals surface area contributed by atoms with Gasteiger partial charge in [0.15, 0.2) is 9.84 Å². The summed E-state index contributed by atoms with van der Waals surface area (Å²) in [5, 5.41) is 0.643. The number of halogens is 1. The van der Waals surface area contributed by atoms with Crippen molar-refractivity contribution in [3.63, 3.8) is 0 Å². The van der Waals surface area contributed by atoms with Gasteiger partial charge in [-0.3, -0.25) is 0 Å². The number of benzene rings is 2. The Morgan fingerprint density at radius 2 is 1.62 bits per heavy atom. The van der Waals surface area contributed by atoms with E-state index in [-0.39, 0.29) is 5.75 Å². The molecule has 0 amide bonds. The minimum absolute atomic E-state index is 0.0731. The van der Waals surface area contributed by atoms with E-state index in [4.69, 9.17) is 16.3 Å². The van der Waals surface area contributed by atoms with Gasteiger partial charge in [0.25, 0.3) is 0 Å². The van der Waals surface area contributed by atoms with Gasteiger partial charge in [-0.2, -0.15) is 0 Å². The van der Waals surface area contributed by atoms with E-state index in [2.05, 4.69) is 0 Å². The van der Waals surface area contributed by atoms with Crippen molar-refractivity contribution in [3.05, 3.63) is 59.1 Å². The Labute approximate surface area is 130 Å². The second-order valence-corrected chi connectivity index (χ2v) is 7.33. The van der Waals surface area contributed by atoms with Crippen LogP contribution in [0.3, 0.4) is 0 Å².